The van der Waals surface area contributed by atoms with Gasteiger partial charge in [-0.1, -0.05) is 0 Å². The van der Waals surface area contributed by atoms with E-state index < -0.39 is 6.10 Å². The van der Waals surface area contributed by atoms with Crippen LogP contribution in [0.5, 0.6) is 0 Å². The van der Waals surface area contributed by atoms with E-state index in [1.165, 1.54) is 17.6 Å². The number of aromatic nitrogens is 1. The molecule has 1 N–H and O–H groups in total. The van der Waals surface area contributed by atoms with E-state index in [2.05, 4.69) is 20.9 Å². The molecule has 0 aliphatic rings. The Morgan fingerprint density at radius 1 is 1.64 bits per heavy atom. The Bertz CT molecular complexity index is 437. The molecule has 1 unspecified atom stereocenters. The first-order chi connectivity index (χ1) is 6.68. The molecule has 74 valence electrons. The van der Waals surface area contributed by atoms with E-state index in [4.69, 9.17) is 4.42 Å². The first kappa shape index (κ1) is 9.89. The summed E-state index contributed by atoms with van der Waals surface area (Å²) < 4.78 is 5.60. The van der Waals surface area contributed by atoms with Crippen LogP contribution in [0.4, 0.5) is 0 Å². The molecule has 0 fully saturated rings. The number of aliphatic hydroxyl groups is 1. The monoisotopic (exact) mass is 273 g/mol. The maximum absolute atomic E-state index is 9.93. The summed E-state index contributed by atoms with van der Waals surface area (Å²) >= 11 is 4.74. The topological polar surface area (TPSA) is 46.3 Å². The Morgan fingerprint density at radius 3 is 2.93 bits per heavy atom. The van der Waals surface area contributed by atoms with E-state index >= 15 is 0 Å². The summed E-state index contributed by atoms with van der Waals surface area (Å²) in [5.41, 5.74) is 1.37. The van der Waals surface area contributed by atoms with E-state index in [1.807, 2.05) is 12.3 Å². The molecule has 0 aliphatic heterocycles. The molecule has 1 atom stereocenters. The predicted octanol–water partition coefficient (Wildman–Crippen LogP) is 2.89. The van der Waals surface area contributed by atoms with Crippen LogP contribution in [0.3, 0.4) is 0 Å². The third-order valence-electron chi connectivity index (χ3n) is 1.86. The van der Waals surface area contributed by atoms with Gasteiger partial charge in [0.15, 0.2) is 4.67 Å². The lowest BCUT2D eigenvalue weighted by atomic mass is 10.1. The number of hydrogen-bond donors (Lipinski definition) is 1. The van der Waals surface area contributed by atoms with Gasteiger partial charge in [-0.2, -0.15) is 0 Å². The fourth-order valence-electron chi connectivity index (χ4n) is 1.16. The number of furan rings is 1. The number of hydrogen-bond acceptors (Lipinski definition) is 4. The zero-order chi connectivity index (χ0) is 10.1. The van der Waals surface area contributed by atoms with Crippen LogP contribution in [0.2, 0.25) is 0 Å². The van der Waals surface area contributed by atoms with Gasteiger partial charge in [-0.05, 0) is 28.9 Å². The van der Waals surface area contributed by atoms with Gasteiger partial charge in [0.2, 0.25) is 0 Å². The highest BCUT2D eigenvalue weighted by Gasteiger charge is 2.17. The average Bonchev–Trinajstić information content (AvgIpc) is 2.73. The summed E-state index contributed by atoms with van der Waals surface area (Å²) in [5, 5.41) is 12.7. The minimum absolute atomic E-state index is 0.552. The fraction of sp³-hybridized carbons (Fsp3) is 0.222. The summed E-state index contributed by atoms with van der Waals surface area (Å²) in [6.45, 7) is 1.91. The van der Waals surface area contributed by atoms with Gasteiger partial charge in [-0.25, -0.2) is 4.98 Å². The second-order valence-corrected chi connectivity index (χ2v) is 4.63. The van der Waals surface area contributed by atoms with Crippen LogP contribution in [0, 0.1) is 6.92 Å². The zero-order valence-corrected chi connectivity index (χ0v) is 9.80. The molecule has 0 amide bonds. The van der Waals surface area contributed by atoms with E-state index in [0.29, 0.717) is 15.9 Å². The van der Waals surface area contributed by atoms with Crippen molar-refractivity contribution in [2.75, 3.05) is 0 Å². The summed E-state index contributed by atoms with van der Waals surface area (Å²) in [6.07, 6.45) is 0.815. The van der Waals surface area contributed by atoms with Crippen LogP contribution < -0.4 is 0 Å². The first-order valence-corrected chi connectivity index (χ1v) is 5.68. The standard InChI is InChI=1S/C9H8BrNO2S/c1-5-11-7(4-14-5)8(12)6-2-3-13-9(6)10/h2-4,8,12H,1H3. The van der Waals surface area contributed by atoms with E-state index in [9.17, 15) is 5.11 Å². The van der Waals surface area contributed by atoms with Gasteiger partial charge in [-0.15, -0.1) is 11.3 Å². The fourth-order valence-corrected chi connectivity index (χ4v) is 2.25. The van der Waals surface area contributed by atoms with Crippen molar-refractivity contribution in [2.45, 2.75) is 13.0 Å². The van der Waals surface area contributed by atoms with Crippen molar-refractivity contribution in [3.63, 3.8) is 0 Å². The third kappa shape index (κ3) is 1.75. The maximum Gasteiger partial charge on any atom is 0.175 e. The lowest BCUT2D eigenvalue weighted by molar-refractivity contribution is 0.213. The normalized spacial score (nSPS) is 13.1. The van der Waals surface area contributed by atoms with Crippen molar-refractivity contribution >= 4 is 27.3 Å². The van der Waals surface area contributed by atoms with E-state index in [-0.39, 0.29) is 0 Å². The van der Waals surface area contributed by atoms with Crippen molar-refractivity contribution in [2.24, 2.45) is 0 Å². The van der Waals surface area contributed by atoms with Gasteiger partial charge in [0, 0.05) is 10.9 Å². The molecule has 0 aliphatic carbocycles. The molecule has 0 bridgehead atoms. The molecule has 2 heterocycles. The second kappa shape index (κ2) is 3.84. The Kier molecular flexibility index (Phi) is 2.71. The number of thiazole rings is 1. The quantitative estimate of drug-likeness (QED) is 0.915. The minimum atomic E-state index is -0.715. The smallest absolute Gasteiger partial charge is 0.175 e. The number of nitrogens with zero attached hydrogens (tertiary/aromatic N) is 1. The summed E-state index contributed by atoms with van der Waals surface area (Å²) in [5.74, 6) is 0. The van der Waals surface area contributed by atoms with Crippen molar-refractivity contribution in [3.8, 4) is 0 Å². The number of aliphatic hydroxyl groups excluding tert-OH is 1. The Morgan fingerprint density at radius 2 is 2.43 bits per heavy atom. The van der Waals surface area contributed by atoms with E-state index in [1.54, 1.807) is 6.07 Å². The van der Waals surface area contributed by atoms with Gasteiger partial charge in [-0.3, -0.25) is 0 Å². The van der Waals surface area contributed by atoms with Crippen molar-refractivity contribution in [1.82, 2.24) is 4.98 Å². The summed E-state index contributed by atoms with van der Waals surface area (Å²) in [7, 11) is 0. The Hall–Kier alpha value is -0.650. The number of aryl methyl sites for hydroxylation is 1. The molecular weight excluding hydrogens is 266 g/mol. The van der Waals surface area contributed by atoms with E-state index in [0.717, 1.165) is 5.01 Å². The average molecular weight is 274 g/mol. The highest BCUT2D eigenvalue weighted by Crippen LogP contribution is 2.29. The summed E-state index contributed by atoms with van der Waals surface area (Å²) in [6, 6.07) is 1.73. The van der Waals surface area contributed by atoms with Crippen molar-refractivity contribution in [1.29, 1.82) is 0 Å². The maximum atomic E-state index is 9.93. The molecule has 0 saturated carbocycles. The summed E-state index contributed by atoms with van der Waals surface area (Å²) in [4.78, 5) is 4.21. The highest BCUT2D eigenvalue weighted by molar-refractivity contribution is 9.10. The van der Waals surface area contributed by atoms with Crippen molar-refractivity contribution in [3.05, 3.63) is 38.6 Å². The van der Waals surface area contributed by atoms with Crippen molar-refractivity contribution < 1.29 is 9.52 Å². The van der Waals surface area contributed by atoms with Crippen LogP contribution in [-0.2, 0) is 0 Å². The van der Waals surface area contributed by atoms with Crippen LogP contribution in [0.25, 0.3) is 0 Å². The Balaban J connectivity index is 2.33. The molecule has 2 aromatic rings. The van der Waals surface area contributed by atoms with Crippen LogP contribution >= 0.6 is 27.3 Å². The lowest BCUT2D eigenvalue weighted by Crippen LogP contribution is -1.99. The van der Waals surface area contributed by atoms with Crippen LogP contribution in [-0.4, -0.2) is 10.1 Å². The molecule has 3 nitrogen and oxygen atoms in total. The minimum Gasteiger partial charge on any atom is -0.457 e. The van der Waals surface area contributed by atoms with Crippen LogP contribution in [0.15, 0.2) is 26.8 Å². The number of halogens is 1. The number of rotatable bonds is 2. The molecule has 2 rings (SSSR count). The van der Waals surface area contributed by atoms with Gasteiger partial charge >= 0.3 is 0 Å². The SMILES string of the molecule is Cc1nc(C(O)c2ccoc2Br)cs1. The lowest BCUT2D eigenvalue weighted by Gasteiger charge is -2.04. The van der Waals surface area contributed by atoms with Gasteiger partial charge in [0.1, 0.15) is 6.10 Å². The molecular formula is C9H8BrNO2S. The molecule has 0 saturated heterocycles. The zero-order valence-electron chi connectivity index (χ0n) is 7.40. The van der Waals surface area contributed by atoms with Gasteiger partial charge in [0.25, 0.3) is 0 Å². The Labute approximate surface area is 93.5 Å². The predicted molar refractivity (Wildman–Crippen MR) is 57.3 cm³/mol. The second-order valence-electron chi connectivity index (χ2n) is 2.84. The molecule has 2 aromatic heterocycles. The van der Waals surface area contributed by atoms with Gasteiger partial charge < -0.3 is 9.52 Å². The van der Waals surface area contributed by atoms with Gasteiger partial charge in [0.05, 0.1) is 17.0 Å². The first-order valence-electron chi connectivity index (χ1n) is 4.01. The molecule has 14 heavy (non-hydrogen) atoms. The van der Waals surface area contributed by atoms with Crippen LogP contribution in [0.1, 0.15) is 22.4 Å². The largest absolute Gasteiger partial charge is 0.457 e. The molecule has 0 aromatic carbocycles. The molecule has 5 heteroatoms. The third-order valence-corrected chi connectivity index (χ3v) is 3.29. The molecule has 0 spiro atoms. The highest BCUT2D eigenvalue weighted by atomic mass is 79.9. The molecule has 0 radical (unpaired) electrons.